The molecule has 0 amide bonds. The van der Waals surface area contributed by atoms with Gasteiger partial charge < -0.3 is 10.1 Å². The number of esters is 1. The van der Waals surface area contributed by atoms with Gasteiger partial charge in [-0.25, -0.2) is 0 Å². The molecule has 5 heteroatoms. The van der Waals surface area contributed by atoms with E-state index in [1.165, 1.54) is 0 Å². The minimum Gasteiger partial charge on any atom is -0.466 e. The number of unbranched alkanes of at least 4 members (excludes halogenated alkanes) is 2. The fourth-order valence-electron chi connectivity index (χ4n) is 1.68. The Labute approximate surface area is 109 Å². The maximum atomic E-state index is 11.1. The molecule has 0 fully saturated rings. The van der Waals surface area contributed by atoms with Crippen LogP contribution in [0.1, 0.15) is 32.6 Å². The number of rotatable bonds is 10. The number of carbonyl (C=O) groups excluding carboxylic acids is 1. The maximum absolute atomic E-state index is 11.1. The quantitative estimate of drug-likeness (QED) is 0.508. The van der Waals surface area contributed by atoms with E-state index in [9.17, 15) is 4.79 Å². The van der Waals surface area contributed by atoms with Gasteiger partial charge in [-0.2, -0.15) is 5.10 Å². The lowest BCUT2D eigenvalue weighted by Gasteiger charge is -2.05. The summed E-state index contributed by atoms with van der Waals surface area (Å²) in [5.74, 6) is -0.0795. The summed E-state index contributed by atoms with van der Waals surface area (Å²) in [6, 6.07) is 1.93. The zero-order valence-corrected chi connectivity index (χ0v) is 11.1. The predicted molar refractivity (Wildman–Crippen MR) is 70.2 cm³/mol. The van der Waals surface area contributed by atoms with Crippen LogP contribution in [-0.4, -0.2) is 35.4 Å². The van der Waals surface area contributed by atoms with Gasteiger partial charge in [-0.15, -0.1) is 0 Å². The molecule has 102 valence electrons. The maximum Gasteiger partial charge on any atom is 0.305 e. The molecule has 0 unspecified atom stereocenters. The third-order valence-electron chi connectivity index (χ3n) is 2.62. The third-order valence-corrected chi connectivity index (χ3v) is 2.62. The van der Waals surface area contributed by atoms with Gasteiger partial charge in [0.25, 0.3) is 0 Å². The topological polar surface area (TPSA) is 56.1 Å². The Balaban J connectivity index is 1.83. The predicted octanol–water partition coefficient (Wildman–Crippen LogP) is 1.60. The van der Waals surface area contributed by atoms with Gasteiger partial charge in [0.05, 0.1) is 13.2 Å². The molecule has 0 aliphatic rings. The molecule has 0 spiro atoms. The highest BCUT2D eigenvalue weighted by Gasteiger charge is 2.00. The smallest absolute Gasteiger partial charge is 0.305 e. The van der Waals surface area contributed by atoms with Crippen LogP contribution in [0.3, 0.4) is 0 Å². The van der Waals surface area contributed by atoms with Gasteiger partial charge in [-0.05, 0) is 32.4 Å². The molecule has 0 aliphatic carbocycles. The lowest BCUT2D eigenvalue weighted by molar-refractivity contribution is -0.143. The molecule has 1 aromatic rings. The van der Waals surface area contributed by atoms with Crippen molar-refractivity contribution in [3.63, 3.8) is 0 Å². The second kappa shape index (κ2) is 9.65. The second-order valence-electron chi connectivity index (χ2n) is 4.13. The largest absolute Gasteiger partial charge is 0.466 e. The van der Waals surface area contributed by atoms with Crippen LogP contribution < -0.4 is 5.32 Å². The van der Waals surface area contributed by atoms with Gasteiger partial charge in [0.1, 0.15) is 0 Å². The van der Waals surface area contributed by atoms with Gasteiger partial charge >= 0.3 is 5.97 Å². The fourth-order valence-corrected chi connectivity index (χ4v) is 1.68. The molecule has 0 saturated carbocycles. The normalized spacial score (nSPS) is 10.5. The summed E-state index contributed by atoms with van der Waals surface area (Å²) >= 11 is 0. The van der Waals surface area contributed by atoms with Crippen LogP contribution in [0, 0.1) is 0 Å². The van der Waals surface area contributed by atoms with E-state index in [-0.39, 0.29) is 5.97 Å². The summed E-state index contributed by atoms with van der Waals surface area (Å²) in [7, 11) is 0. The van der Waals surface area contributed by atoms with Gasteiger partial charge in [0.15, 0.2) is 0 Å². The van der Waals surface area contributed by atoms with E-state index < -0.39 is 0 Å². The van der Waals surface area contributed by atoms with Crippen molar-refractivity contribution in [2.45, 2.75) is 39.2 Å². The third kappa shape index (κ3) is 7.06. The molecule has 5 nitrogen and oxygen atoms in total. The van der Waals surface area contributed by atoms with Crippen molar-refractivity contribution in [1.29, 1.82) is 0 Å². The van der Waals surface area contributed by atoms with Crippen molar-refractivity contribution < 1.29 is 9.53 Å². The molecule has 18 heavy (non-hydrogen) atoms. The molecule has 0 radical (unpaired) electrons. The highest BCUT2D eigenvalue weighted by Crippen LogP contribution is 2.00. The van der Waals surface area contributed by atoms with Crippen LogP contribution in [0.25, 0.3) is 0 Å². The SMILES string of the molecule is CCOC(=O)CCCCCNCCn1cccn1. The van der Waals surface area contributed by atoms with Crippen molar-refractivity contribution in [1.82, 2.24) is 15.1 Å². The minimum atomic E-state index is -0.0795. The molecule has 0 bridgehead atoms. The monoisotopic (exact) mass is 253 g/mol. The first-order valence-corrected chi connectivity index (χ1v) is 6.66. The molecule has 0 aliphatic heterocycles. The van der Waals surface area contributed by atoms with E-state index in [1.807, 2.05) is 23.9 Å². The first-order chi connectivity index (χ1) is 8.83. The number of nitrogens with one attached hydrogen (secondary N) is 1. The van der Waals surface area contributed by atoms with Crippen molar-refractivity contribution in [3.8, 4) is 0 Å². The Morgan fingerprint density at radius 3 is 2.94 bits per heavy atom. The van der Waals surface area contributed by atoms with Gasteiger partial charge in [0.2, 0.25) is 0 Å². The first kappa shape index (κ1) is 14.7. The van der Waals surface area contributed by atoms with Gasteiger partial charge in [-0.1, -0.05) is 6.42 Å². The Hall–Kier alpha value is -1.36. The summed E-state index contributed by atoms with van der Waals surface area (Å²) in [4.78, 5) is 11.1. The van der Waals surface area contributed by atoms with Crippen LogP contribution in [0.5, 0.6) is 0 Å². The number of aromatic nitrogens is 2. The van der Waals surface area contributed by atoms with E-state index in [0.717, 1.165) is 38.9 Å². The van der Waals surface area contributed by atoms with Crippen LogP contribution in [0.15, 0.2) is 18.5 Å². The minimum absolute atomic E-state index is 0.0795. The van der Waals surface area contributed by atoms with Crippen LogP contribution in [-0.2, 0) is 16.1 Å². The van der Waals surface area contributed by atoms with Crippen molar-refractivity contribution in [3.05, 3.63) is 18.5 Å². The van der Waals surface area contributed by atoms with Crippen LogP contribution in [0.4, 0.5) is 0 Å². The molecule has 1 aromatic heterocycles. The second-order valence-corrected chi connectivity index (χ2v) is 4.13. The number of nitrogens with zero attached hydrogens (tertiary/aromatic N) is 2. The van der Waals surface area contributed by atoms with Gasteiger partial charge in [-0.3, -0.25) is 9.48 Å². The van der Waals surface area contributed by atoms with Crippen molar-refractivity contribution >= 4 is 5.97 Å². The Morgan fingerprint density at radius 2 is 2.22 bits per heavy atom. The molecule has 0 aromatic carbocycles. The molecular weight excluding hydrogens is 230 g/mol. The van der Waals surface area contributed by atoms with Crippen molar-refractivity contribution in [2.75, 3.05) is 19.7 Å². The molecule has 1 N–H and O–H groups in total. The highest BCUT2D eigenvalue weighted by atomic mass is 16.5. The number of hydrogen-bond donors (Lipinski definition) is 1. The summed E-state index contributed by atoms with van der Waals surface area (Å²) in [5, 5.41) is 7.49. The lowest BCUT2D eigenvalue weighted by atomic mass is 10.2. The standard InChI is InChI=1S/C13H23N3O2/c1-2-18-13(17)7-4-3-5-8-14-10-12-16-11-6-9-15-16/h6,9,11,14H,2-5,7-8,10,12H2,1H3. The summed E-state index contributed by atoms with van der Waals surface area (Å²) < 4.78 is 6.77. The molecule has 0 saturated heterocycles. The highest BCUT2D eigenvalue weighted by molar-refractivity contribution is 5.69. The summed E-state index contributed by atoms with van der Waals surface area (Å²) in [6.45, 7) is 5.13. The van der Waals surface area contributed by atoms with E-state index >= 15 is 0 Å². The first-order valence-electron chi connectivity index (χ1n) is 6.66. The zero-order valence-electron chi connectivity index (χ0n) is 11.1. The van der Waals surface area contributed by atoms with Crippen LogP contribution in [0.2, 0.25) is 0 Å². The molecule has 1 heterocycles. The lowest BCUT2D eigenvalue weighted by Crippen LogP contribution is -2.21. The summed E-state index contributed by atoms with van der Waals surface area (Å²) in [6.07, 6.45) is 7.36. The molecule has 0 atom stereocenters. The van der Waals surface area contributed by atoms with E-state index in [1.54, 1.807) is 6.20 Å². The van der Waals surface area contributed by atoms with E-state index in [0.29, 0.717) is 13.0 Å². The Morgan fingerprint density at radius 1 is 1.33 bits per heavy atom. The molecule has 1 rings (SSSR count). The fraction of sp³-hybridized carbons (Fsp3) is 0.692. The number of ether oxygens (including phenoxy) is 1. The Bertz CT molecular complexity index is 312. The zero-order chi connectivity index (χ0) is 13.1. The van der Waals surface area contributed by atoms with Gasteiger partial charge in [0, 0.05) is 25.4 Å². The Kier molecular flexibility index (Phi) is 7.88. The number of hydrogen-bond acceptors (Lipinski definition) is 4. The molecular formula is C13H23N3O2. The summed E-state index contributed by atoms with van der Waals surface area (Å²) in [5.41, 5.74) is 0. The number of carbonyl (C=O) groups is 1. The average molecular weight is 253 g/mol. The van der Waals surface area contributed by atoms with E-state index in [4.69, 9.17) is 4.74 Å². The van der Waals surface area contributed by atoms with Crippen molar-refractivity contribution in [2.24, 2.45) is 0 Å². The van der Waals surface area contributed by atoms with Crippen LogP contribution >= 0.6 is 0 Å². The average Bonchev–Trinajstić information content (AvgIpc) is 2.86. The van der Waals surface area contributed by atoms with E-state index in [2.05, 4.69) is 10.4 Å².